The van der Waals surface area contributed by atoms with E-state index < -0.39 is 0 Å². The minimum absolute atomic E-state index is 0.00850. The van der Waals surface area contributed by atoms with E-state index in [1.807, 2.05) is 24.4 Å². The fraction of sp³-hybridized carbons (Fsp3) is 0.133. The number of hydrogen-bond acceptors (Lipinski definition) is 4. The zero-order valence-corrected chi connectivity index (χ0v) is 12.2. The molecule has 106 valence electrons. The Labute approximate surface area is 126 Å². The second-order valence-corrected chi connectivity index (χ2v) is 5.56. The monoisotopic (exact) mass is 298 g/mol. The van der Waals surface area contributed by atoms with Crippen LogP contribution in [0.15, 0.2) is 54.6 Å². The number of nitrogens with zero attached hydrogens (tertiary/aromatic N) is 3. The standard InChI is InChI=1S/C15H14N4OS/c1-11(13-3-2-8-21-13)18-15(20)12-4-5-14(17-9-12)19-7-6-16-10-19/h2-11H,1H3,(H,18,20)/t11-/m1/s1. The molecule has 0 aliphatic rings. The number of pyridine rings is 1. The van der Waals surface area contributed by atoms with Gasteiger partial charge in [-0.15, -0.1) is 11.3 Å². The van der Waals surface area contributed by atoms with E-state index in [1.54, 1.807) is 53.0 Å². The number of thiophene rings is 1. The lowest BCUT2D eigenvalue weighted by Crippen LogP contribution is -2.26. The number of carbonyl (C=O) groups excluding carboxylic acids is 1. The number of amides is 1. The second kappa shape index (κ2) is 5.88. The largest absolute Gasteiger partial charge is 0.345 e. The van der Waals surface area contributed by atoms with E-state index in [2.05, 4.69) is 15.3 Å². The topological polar surface area (TPSA) is 59.8 Å². The Morgan fingerprint density at radius 2 is 2.29 bits per heavy atom. The van der Waals surface area contributed by atoms with Crippen molar-refractivity contribution in [1.29, 1.82) is 0 Å². The Bertz CT molecular complexity index is 705. The maximum absolute atomic E-state index is 12.2. The molecule has 0 saturated heterocycles. The van der Waals surface area contributed by atoms with Gasteiger partial charge in [-0.25, -0.2) is 9.97 Å². The fourth-order valence-electron chi connectivity index (χ4n) is 1.96. The number of aromatic nitrogens is 3. The smallest absolute Gasteiger partial charge is 0.253 e. The van der Waals surface area contributed by atoms with Crippen LogP contribution < -0.4 is 5.32 Å². The lowest BCUT2D eigenvalue weighted by Gasteiger charge is -2.12. The molecule has 1 N–H and O–H groups in total. The molecule has 0 spiro atoms. The van der Waals surface area contributed by atoms with Crippen molar-refractivity contribution in [2.45, 2.75) is 13.0 Å². The molecule has 0 fully saturated rings. The zero-order chi connectivity index (χ0) is 14.7. The summed E-state index contributed by atoms with van der Waals surface area (Å²) in [5.74, 6) is 0.607. The van der Waals surface area contributed by atoms with Crippen molar-refractivity contribution in [1.82, 2.24) is 19.9 Å². The summed E-state index contributed by atoms with van der Waals surface area (Å²) in [5, 5.41) is 4.96. The molecular formula is C15H14N4OS. The summed E-state index contributed by atoms with van der Waals surface area (Å²) in [4.78, 5) is 21.6. The van der Waals surface area contributed by atoms with Crippen molar-refractivity contribution in [3.63, 3.8) is 0 Å². The third-order valence-corrected chi connectivity index (χ3v) is 4.15. The maximum Gasteiger partial charge on any atom is 0.253 e. The summed E-state index contributed by atoms with van der Waals surface area (Å²) >= 11 is 1.63. The first-order valence-corrected chi connectivity index (χ1v) is 7.40. The molecule has 6 heteroatoms. The molecule has 5 nitrogen and oxygen atoms in total. The van der Waals surface area contributed by atoms with Gasteiger partial charge in [0.25, 0.3) is 5.91 Å². The normalized spacial score (nSPS) is 12.0. The maximum atomic E-state index is 12.2. The Morgan fingerprint density at radius 3 is 2.90 bits per heavy atom. The molecule has 0 aromatic carbocycles. The first-order valence-electron chi connectivity index (χ1n) is 6.52. The van der Waals surface area contributed by atoms with Gasteiger partial charge in [0.05, 0.1) is 11.6 Å². The van der Waals surface area contributed by atoms with Crippen molar-refractivity contribution in [2.24, 2.45) is 0 Å². The Balaban J connectivity index is 1.70. The summed E-state index contributed by atoms with van der Waals surface area (Å²) in [5.41, 5.74) is 0.544. The van der Waals surface area contributed by atoms with Crippen LogP contribution in [0.25, 0.3) is 5.82 Å². The molecule has 0 aliphatic carbocycles. The summed E-state index contributed by atoms with van der Waals surface area (Å²) in [7, 11) is 0. The van der Waals surface area contributed by atoms with Crippen molar-refractivity contribution >= 4 is 17.2 Å². The Hall–Kier alpha value is -2.47. The van der Waals surface area contributed by atoms with Crippen LogP contribution >= 0.6 is 11.3 Å². The van der Waals surface area contributed by atoms with E-state index >= 15 is 0 Å². The van der Waals surface area contributed by atoms with E-state index in [9.17, 15) is 4.79 Å². The van der Waals surface area contributed by atoms with Gasteiger partial charge in [0, 0.05) is 23.5 Å². The molecule has 21 heavy (non-hydrogen) atoms. The van der Waals surface area contributed by atoms with Gasteiger partial charge in [-0.05, 0) is 30.5 Å². The molecule has 0 unspecified atom stereocenters. The SMILES string of the molecule is C[C@@H](NC(=O)c1ccc(-n2ccnc2)nc1)c1cccs1. The highest BCUT2D eigenvalue weighted by Gasteiger charge is 2.12. The van der Waals surface area contributed by atoms with Gasteiger partial charge in [0.15, 0.2) is 0 Å². The lowest BCUT2D eigenvalue weighted by atomic mass is 10.2. The van der Waals surface area contributed by atoms with Crippen LogP contribution in [0.5, 0.6) is 0 Å². The summed E-state index contributed by atoms with van der Waals surface area (Å²) in [6.07, 6.45) is 6.73. The highest BCUT2D eigenvalue weighted by molar-refractivity contribution is 7.10. The van der Waals surface area contributed by atoms with Crippen LogP contribution in [0.4, 0.5) is 0 Å². The van der Waals surface area contributed by atoms with Gasteiger partial charge >= 0.3 is 0 Å². The molecule has 3 aromatic rings. The molecule has 0 aliphatic heterocycles. The van der Waals surface area contributed by atoms with Crippen molar-refractivity contribution in [3.05, 3.63) is 65.0 Å². The van der Waals surface area contributed by atoms with E-state index in [4.69, 9.17) is 0 Å². The van der Waals surface area contributed by atoms with Gasteiger partial charge in [0.2, 0.25) is 0 Å². The molecule has 0 saturated carbocycles. The van der Waals surface area contributed by atoms with Crippen molar-refractivity contribution < 1.29 is 4.79 Å². The second-order valence-electron chi connectivity index (χ2n) is 4.59. The van der Waals surface area contributed by atoms with E-state index in [0.29, 0.717) is 5.56 Å². The van der Waals surface area contributed by atoms with Crippen LogP contribution in [0.1, 0.15) is 28.2 Å². The lowest BCUT2D eigenvalue weighted by molar-refractivity contribution is 0.0940. The minimum Gasteiger partial charge on any atom is -0.345 e. The summed E-state index contributed by atoms with van der Waals surface area (Å²) < 4.78 is 1.79. The van der Waals surface area contributed by atoms with Crippen molar-refractivity contribution in [2.75, 3.05) is 0 Å². The summed E-state index contributed by atoms with van der Waals surface area (Å²) in [6, 6.07) is 7.54. The molecule has 1 atom stereocenters. The van der Waals surface area contributed by atoms with Crippen LogP contribution in [0, 0.1) is 0 Å². The molecule has 1 amide bonds. The average molecular weight is 298 g/mol. The average Bonchev–Trinajstić information content (AvgIpc) is 3.20. The highest BCUT2D eigenvalue weighted by Crippen LogP contribution is 2.18. The van der Waals surface area contributed by atoms with Crippen LogP contribution in [-0.4, -0.2) is 20.4 Å². The van der Waals surface area contributed by atoms with Crippen LogP contribution in [-0.2, 0) is 0 Å². The molecule has 3 rings (SSSR count). The quantitative estimate of drug-likeness (QED) is 0.805. The van der Waals surface area contributed by atoms with E-state index in [-0.39, 0.29) is 11.9 Å². The van der Waals surface area contributed by atoms with Crippen molar-refractivity contribution in [3.8, 4) is 5.82 Å². The third kappa shape index (κ3) is 3.00. The van der Waals surface area contributed by atoms with Crippen LogP contribution in [0.3, 0.4) is 0 Å². The molecule has 0 radical (unpaired) electrons. The first kappa shape index (κ1) is 13.5. The zero-order valence-electron chi connectivity index (χ0n) is 11.4. The molecule has 0 bridgehead atoms. The number of nitrogens with one attached hydrogen (secondary N) is 1. The Kier molecular flexibility index (Phi) is 3.79. The molecule has 3 heterocycles. The van der Waals surface area contributed by atoms with Gasteiger partial charge in [-0.2, -0.15) is 0 Å². The van der Waals surface area contributed by atoms with Gasteiger partial charge < -0.3 is 5.32 Å². The summed E-state index contributed by atoms with van der Waals surface area (Å²) in [6.45, 7) is 1.97. The van der Waals surface area contributed by atoms with Gasteiger partial charge in [0.1, 0.15) is 12.1 Å². The fourth-order valence-corrected chi connectivity index (χ4v) is 2.69. The van der Waals surface area contributed by atoms with E-state index in [0.717, 1.165) is 10.7 Å². The predicted octanol–water partition coefficient (Wildman–Crippen LogP) is 2.82. The Morgan fingerprint density at radius 1 is 1.38 bits per heavy atom. The number of carbonyl (C=O) groups is 1. The number of rotatable bonds is 4. The van der Waals surface area contributed by atoms with E-state index in [1.165, 1.54) is 0 Å². The van der Waals surface area contributed by atoms with Gasteiger partial charge in [-0.3, -0.25) is 9.36 Å². The minimum atomic E-state index is -0.124. The van der Waals surface area contributed by atoms with Crippen LogP contribution in [0.2, 0.25) is 0 Å². The number of hydrogen-bond donors (Lipinski definition) is 1. The highest BCUT2D eigenvalue weighted by atomic mass is 32.1. The third-order valence-electron chi connectivity index (χ3n) is 3.10. The first-order chi connectivity index (χ1) is 10.2. The molecular weight excluding hydrogens is 284 g/mol. The predicted molar refractivity (Wildman–Crippen MR) is 81.6 cm³/mol. The van der Waals surface area contributed by atoms with Gasteiger partial charge in [-0.1, -0.05) is 6.07 Å². The molecule has 3 aromatic heterocycles. The number of imidazole rings is 1.